The molecule has 0 aliphatic carbocycles. The van der Waals surface area contributed by atoms with Crippen LogP contribution in [-0.2, 0) is 22.6 Å². The molecule has 1 aliphatic heterocycles. The van der Waals surface area contributed by atoms with E-state index in [2.05, 4.69) is 12.0 Å². The molecular formula is C28H24N2O6. The Balaban J connectivity index is 1.62. The summed E-state index contributed by atoms with van der Waals surface area (Å²) in [6.45, 7) is 3.99. The molecule has 0 saturated carbocycles. The summed E-state index contributed by atoms with van der Waals surface area (Å²) in [5.74, 6) is -1.04. The summed E-state index contributed by atoms with van der Waals surface area (Å²) >= 11 is 0. The molecule has 0 spiro atoms. The van der Waals surface area contributed by atoms with Crippen molar-refractivity contribution in [2.45, 2.75) is 13.0 Å². The van der Waals surface area contributed by atoms with Crippen molar-refractivity contribution in [3.8, 4) is 11.5 Å². The molecule has 2 amide bonds. The van der Waals surface area contributed by atoms with Gasteiger partial charge in [-0.1, -0.05) is 36.4 Å². The lowest BCUT2D eigenvalue weighted by atomic mass is 10.0. The quantitative estimate of drug-likeness (QED) is 0.268. The van der Waals surface area contributed by atoms with Crippen molar-refractivity contribution in [2.24, 2.45) is 0 Å². The van der Waals surface area contributed by atoms with Crippen LogP contribution in [0.2, 0.25) is 0 Å². The zero-order valence-electron chi connectivity index (χ0n) is 19.6. The largest absolute Gasteiger partial charge is 0.493 e. The molecule has 0 atom stereocenters. The number of aromatic carboxylic acids is 1. The number of benzene rings is 3. The van der Waals surface area contributed by atoms with Crippen LogP contribution in [0.25, 0.3) is 6.08 Å². The van der Waals surface area contributed by atoms with Crippen LogP contribution in [0.15, 0.2) is 85.0 Å². The van der Waals surface area contributed by atoms with E-state index < -0.39 is 17.8 Å². The molecular weight excluding hydrogens is 460 g/mol. The van der Waals surface area contributed by atoms with Crippen molar-refractivity contribution >= 4 is 29.5 Å². The number of methoxy groups -OCH3 is 1. The van der Waals surface area contributed by atoms with E-state index in [-0.39, 0.29) is 17.7 Å². The van der Waals surface area contributed by atoms with Gasteiger partial charge in [-0.05, 0) is 60.0 Å². The topological polar surface area (TPSA) is 105 Å². The lowest BCUT2D eigenvalue weighted by molar-refractivity contribution is -0.117. The Morgan fingerprint density at radius 2 is 1.81 bits per heavy atom. The van der Waals surface area contributed by atoms with E-state index in [0.29, 0.717) is 29.2 Å². The molecule has 3 aromatic rings. The van der Waals surface area contributed by atoms with Crippen LogP contribution in [0.3, 0.4) is 0 Å². The van der Waals surface area contributed by atoms with Crippen molar-refractivity contribution in [3.05, 3.63) is 107 Å². The number of carbonyl (C=O) groups is 3. The van der Waals surface area contributed by atoms with Gasteiger partial charge in [0.2, 0.25) is 0 Å². The first kappa shape index (κ1) is 24.3. The molecule has 8 nitrogen and oxygen atoms in total. The molecule has 182 valence electrons. The predicted octanol–water partition coefficient (Wildman–Crippen LogP) is 4.16. The smallest absolute Gasteiger partial charge is 0.335 e. The van der Waals surface area contributed by atoms with Gasteiger partial charge in [0.1, 0.15) is 12.2 Å². The van der Waals surface area contributed by atoms with E-state index in [1.165, 1.54) is 30.3 Å². The number of nitrogens with zero attached hydrogens (tertiary/aromatic N) is 1. The monoisotopic (exact) mass is 484 g/mol. The number of rotatable bonds is 9. The van der Waals surface area contributed by atoms with Gasteiger partial charge < -0.3 is 14.6 Å². The number of amides is 2. The van der Waals surface area contributed by atoms with Crippen LogP contribution in [0.5, 0.6) is 11.5 Å². The van der Waals surface area contributed by atoms with Gasteiger partial charge in [-0.3, -0.25) is 15.0 Å². The second-order valence-electron chi connectivity index (χ2n) is 7.97. The van der Waals surface area contributed by atoms with Gasteiger partial charge in [-0.15, -0.1) is 6.58 Å². The number of anilines is 1. The molecule has 1 fully saturated rings. The number of hydrogen-bond donors (Lipinski definition) is 2. The molecule has 0 aromatic heterocycles. The highest BCUT2D eigenvalue weighted by molar-refractivity contribution is 6.31. The van der Waals surface area contributed by atoms with Gasteiger partial charge in [0, 0.05) is 5.56 Å². The predicted molar refractivity (Wildman–Crippen MR) is 135 cm³/mol. The first-order valence-electron chi connectivity index (χ1n) is 11.1. The van der Waals surface area contributed by atoms with E-state index >= 15 is 0 Å². The Morgan fingerprint density at radius 3 is 2.44 bits per heavy atom. The van der Waals surface area contributed by atoms with Gasteiger partial charge in [-0.25, -0.2) is 9.80 Å². The maximum Gasteiger partial charge on any atom is 0.335 e. The molecule has 4 rings (SSSR count). The van der Waals surface area contributed by atoms with Crippen LogP contribution in [-0.4, -0.2) is 30.0 Å². The molecule has 2 N–H and O–H groups in total. The number of carbonyl (C=O) groups excluding carboxylic acids is 2. The molecule has 0 radical (unpaired) electrons. The van der Waals surface area contributed by atoms with Crippen LogP contribution >= 0.6 is 0 Å². The third-order valence-corrected chi connectivity index (χ3v) is 5.54. The number of carboxylic acid groups (broad SMARTS) is 1. The molecule has 0 unspecified atom stereocenters. The molecule has 1 heterocycles. The van der Waals surface area contributed by atoms with Crippen molar-refractivity contribution in [1.82, 2.24) is 5.43 Å². The first-order valence-corrected chi connectivity index (χ1v) is 11.1. The number of hydrazine groups is 1. The highest BCUT2D eigenvalue weighted by atomic mass is 16.5. The fraction of sp³-hybridized carbons (Fsp3) is 0.107. The van der Waals surface area contributed by atoms with E-state index in [0.717, 1.165) is 11.1 Å². The van der Waals surface area contributed by atoms with Crippen LogP contribution in [0.4, 0.5) is 5.69 Å². The Hall–Kier alpha value is -4.85. The average Bonchev–Trinajstić information content (AvgIpc) is 3.17. The van der Waals surface area contributed by atoms with Gasteiger partial charge in [0.25, 0.3) is 11.8 Å². The second kappa shape index (κ2) is 10.6. The molecule has 1 aliphatic rings. The average molecular weight is 485 g/mol. The standard InChI is InChI=1S/C28H24N2O6/c1-3-7-21-14-19(15-23-26(31)29-30(27(23)32)22-8-5-4-6-9-22)16-24(35-2)25(21)36-17-18-10-12-20(13-11-18)28(33)34/h3-6,8-16H,1,7,17H2,2H3,(H,29,31)(H,33,34)/b23-15-. The van der Waals surface area contributed by atoms with Gasteiger partial charge in [-0.2, -0.15) is 0 Å². The Labute approximate surface area is 208 Å². The highest BCUT2D eigenvalue weighted by Gasteiger charge is 2.34. The minimum Gasteiger partial charge on any atom is -0.493 e. The summed E-state index contributed by atoms with van der Waals surface area (Å²) in [5.41, 5.74) is 5.47. The Morgan fingerprint density at radius 1 is 1.08 bits per heavy atom. The summed E-state index contributed by atoms with van der Waals surface area (Å²) < 4.78 is 11.6. The minimum atomic E-state index is -0.997. The molecule has 36 heavy (non-hydrogen) atoms. The maximum absolute atomic E-state index is 12.9. The third kappa shape index (κ3) is 5.12. The van der Waals surface area contributed by atoms with Crippen LogP contribution in [0, 0.1) is 0 Å². The van der Waals surface area contributed by atoms with E-state index in [1.807, 2.05) is 12.1 Å². The molecule has 1 saturated heterocycles. The number of carboxylic acids is 1. The highest BCUT2D eigenvalue weighted by Crippen LogP contribution is 2.35. The number of ether oxygens (including phenoxy) is 2. The Bertz CT molecular complexity index is 1350. The summed E-state index contributed by atoms with van der Waals surface area (Å²) in [5, 5.41) is 10.3. The summed E-state index contributed by atoms with van der Waals surface area (Å²) in [6, 6.07) is 18.7. The summed E-state index contributed by atoms with van der Waals surface area (Å²) in [7, 11) is 1.50. The number of hydrogen-bond acceptors (Lipinski definition) is 5. The van der Waals surface area contributed by atoms with Crippen molar-refractivity contribution in [2.75, 3.05) is 12.1 Å². The zero-order chi connectivity index (χ0) is 25.7. The molecule has 3 aromatic carbocycles. The summed E-state index contributed by atoms with van der Waals surface area (Å²) in [6.07, 6.45) is 3.69. The van der Waals surface area contributed by atoms with E-state index in [9.17, 15) is 14.4 Å². The molecule has 8 heteroatoms. The fourth-order valence-corrected chi connectivity index (χ4v) is 3.77. The number of allylic oxidation sites excluding steroid dienone is 1. The first-order chi connectivity index (χ1) is 17.4. The number of nitrogens with one attached hydrogen (secondary N) is 1. The second-order valence-corrected chi connectivity index (χ2v) is 7.97. The third-order valence-electron chi connectivity index (χ3n) is 5.54. The van der Waals surface area contributed by atoms with Crippen molar-refractivity contribution < 1.29 is 29.0 Å². The molecule has 0 bridgehead atoms. The van der Waals surface area contributed by atoms with Gasteiger partial charge in [0.15, 0.2) is 11.5 Å². The summed E-state index contributed by atoms with van der Waals surface area (Å²) in [4.78, 5) is 36.6. The van der Waals surface area contributed by atoms with Gasteiger partial charge >= 0.3 is 5.97 Å². The van der Waals surface area contributed by atoms with Crippen molar-refractivity contribution in [3.63, 3.8) is 0 Å². The van der Waals surface area contributed by atoms with Crippen LogP contribution in [0.1, 0.15) is 27.0 Å². The normalized spacial score (nSPS) is 14.0. The lowest BCUT2D eigenvalue weighted by Gasteiger charge is -2.16. The maximum atomic E-state index is 12.9. The van der Waals surface area contributed by atoms with E-state index in [4.69, 9.17) is 14.6 Å². The SMILES string of the molecule is C=CCc1cc(/C=C2/C(=O)NN(c3ccccc3)C2=O)cc(OC)c1OCc1ccc(C(=O)O)cc1. The minimum absolute atomic E-state index is 0.00218. The van der Waals surface area contributed by atoms with E-state index in [1.54, 1.807) is 48.5 Å². The van der Waals surface area contributed by atoms with Gasteiger partial charge in [0.05, 0.1) is 18.4 Å². The lowest BCUT2D eigenvalue weighted by Crippen LogP contribution is -2.35. The fourth-order valence-electron chi connectivity index (χ4n) is 3.77. The number of para-hydroxylation sites is 1. The zero-order valence-corrected chi connectivity index (χ0v) is 19.6. The van der Waals surface area contributed by atoms with Crippen molar-refractivity contribution in [1.29, 1.82) is 0 Å². The Kier molecular flexibility index (Phi) is 7.15. The van der Waals surface area contributed by atoms with Crippen LogP contribution < -0.4 is 19.9 Å².